The molecule has 0 aliphatic carbocycles. The Kier molecular flexibility index (Phi) is 4.37. The zero-order chi connectivity index (χ0) is 14.0. The van der Waals surface area contributed by atoms with Gasteiger partial charge in [0.25, 0.3) is 0 Å². The molecule has 0 aromatic heterocycles. The molecule has 0 saturated carbocycles. The monoisotopic (exact) mass is 323 g/mol. The summed E-state index contributed by atoms with van der Waals surface area (Å²) in [4.78, 5) is 14.4. The third-order valence-corrected chi connectivity index (χ3v) is 4.11. The summed E-state index contributed by atoms with van der Waals surface area (Å²) in [6, 6.07) is 8.12. The van der Waals surface area contributed by atoms with Crippen LogP contribution in [0.25, 0.3) is 0 Å². The molecule has 2 rings (SSSR count). The summed E-state index contributed by atoms with van der Waals surface area (Å²) in [6.07, 6.45) is 0.0610. The van der Waals surface area contributed by atoms with Crippen LogP contribution in [0.3, 0.4) is 0 Å². The smallest absolute Gasteiger partial charge is 0.145 e. The minimum Gasteiger partial charge on any atom is -0.387 e. The molecule has 0 radical (unpaired) electrons. The summed E-state index contributed by atoms with van der Waals surface area (Å²) in [5.41, 5.74) is 6.52. The molecule has 1 aromatic rings. The molecule has 19 heavy (non-hydrogen) atoms. The number of amidine groups is 1. The molecule has 1 heterocycles. The van der Waals surface area contributed by atoms with Gasteiger partial charge in [0.1, 0.15) is 5.78 Å². The highest BCUT2D eigenvalue weighted by molar-refractivity contribution is 9.10. The van der Waals surface area contributed by atoms with Crippen molar-refractivity contribution in [1.82, 2.24) is 4.90 Å². The standard InChI is InChI=1S/C14H18BrN3O/c1-18-7-11(9-2-4-10(15)5-3-9)12(8-18)13(19)6-14(16)17/h2-5,11-12H,6-8H2,1H3,(H3,16,17)/t11-,12+/m1/s1. The SMILES string of the molecule is CN1C[C@H](C(=O)CC(=N)N)[C@@H](c2ccc(Br)cc2)C1. The first kappa shape index (κ1) is 14.2. The first-order chi connectivity index (χ1) is 8.97. The number of nitrogens with one attached hydrogen (secondary N) is 1. The molecule has 4 nitrogen and oxygen atoms in total. The van der Waals surface area contributed by atoms with E-state index in [9.17, 15) is 4.79 Å². The number of halogens is 1. The van der Waals surface area contributed by atoms with Crippen LogP contribution in [0.5, 0.6) is 0 Å². The summed E-state index contributed by atoms with van der Waals surface area (Å²) in [5, 5.41) is 7.27. The fraction of sp³-hybridized carbons (Fsp3) is 0.429. The van der Waals surface area contributed by atoms with Crippen molar-refractivity contribution in [3.8, 4) is 0 Å². The molecule has 0 amide bonds. The van der Waals surface area contributed by atoms with Gasteiger partial charge in [-0.3, -0.25) is 10.2 Å². The first-order valence-corrected chi connectivity index (χ1v) is 7.06. The molecule has 3 N–H and O–H groups in total. The van der Waals surface area contributed by atoms with Gasteiger partial charge >= 0.3 is 0 Å². The Morgan fingerprint density at radius 3 is 2.63 bits per heavy atom. The van der Waals surface area contributed by atoms with Crippen molar-refractivity contribution in [2.45, 2.75) is 12.3 Å². The molecule has 1 aliphatic rings. The predicted molar refractivity (Wildman–Crippen MR) is 79.4 cm³/mol. The van der Waals surface area contributed by atoms with Gasteiger partial charge in [-0.25, -0.2) is 0 Å². The molecule has 0 spiro atoms. The molecule has 1 aliphatic heterocycles. The van der Waals surface area contributed by atoms with Gasteiger partial charge in [0.05, 0.1) is 12.3 Å². The van der Waals surface area contributed by atoms with E-state index in [1.54, 1.807) is 0 Å². The second kappa shape index (κ2) is 5.84. The van der Waals surface area contributed by atoms with Crippen molar-refractivity contribution in [3.63, 3.8) is 0 Å². The van der Waals surface area contributed by atoms with Crippen molar-refractivity contribution >= 4 is 27.5 Å². The molecule has 1 saturated heterocycles. The lowest BCUT2D eigenvalue weighted by atomic mass is 9.85. The third-order valence-electron chi connectivity index (χ3n) is 3.58. The van der Waals surface area contributed by atoms with Crippen LogP contribution in [-0.4, -0.2) is 36.7 Å². The lowest BCUT2D eigenvalue weighted by molar-refractivity contribution is -0.121. The quantitative estimate of drug-likeness (QED) is 0.657. The molecule has 1 fully saturated rings. The number of nitrogens with two attached hydrogens (primary N) is 1. The first-order valence-electron chi connectivity index (χ1n) is 6.27. The van der Waals surface area contributed by atoms with Crippen molar-refractivity contribution in [2.75, 3.05) is 20.1 Å². The largest absolute Gasteiger partial charge is 0.387 e. The highest BCUT2D eigenvalue weighted by atomic mass is 79.9. The summed E-state index contributed by atoms with van der Waals surface area (Å²) < 4.78 is 1.04. The fourth-order valence-electron chi connectivity index (χ4n) is 2.69. The van der Waals surface area contributed by atoms with Gasteiger partial charge in [-0.15, -0.1) is 0 Å². The number of nitrogens with zero attached hydrogens (tertiary/aromatic N) is 1. The van der Waals surface area contributed by atoms with Crippen LogP contribution < -0.4 is 5.73 Å². The van der Waals surface area contributed by atoms with E-state index in [-0.39, 0.29) is 29.9 Å². The van der Waals surface area contributed by atoms with Crippen molar-refractivity contribution in [2.24, 2.45) is 11.7 Å². The lowest BCUT2D eigenvalue weighted by Crippen LogP contribution is -2.26. The van der Waals surface area contributed by atoms with E-state index in [2.05, 4.69) is 33.0 Å². The zero-order valence-electron chi connectivity index (χ0n) is 10.9. The Morgan fingerprint density at radius 1 is 1.42 bits per heavy atom. The maximum Gasteiger partial charge on any atom is 0.145 e. The summed E-state index contributed by atoms with van der Waals surface area (Å²) in [6.45, 7) is 1.61. The third kappa shape index (κ3) is 3.42. The predicted octanol–water partition coefficient (Wildman–Crippen LogP) is 1.99. The average molecular weight is 324 g/mol. The normalized spacial score (nSPS) is 23.5. The lowest BCUT2D eigenvalue weighted by Gasteiger charge is -2.17. The van der Waals surface area contributed by atoms with E-state index in [1.807, 2.05) is 19.2 Å². The molecule has 1 aromatic carbocycles. The molecule has 0 bridgehead atoms. The van der Waals surface area contributed by atoms with Gasteiger partial charge in [0.15, 0.2) is 0 Å². The number of likely N-dealkylation sites (N-methyl/N-ethyl adjacent to an activating group) is 1. The number of hydrogen-bond donors (Lipinski definition) is 2. The number of carbonyl (C=O) groups is 1. The van der Waals surface area contributed by atoms with Crippen molar-refractivity contribution in [1.29, 1.82) is 5.41 Å². The number of carbonyl (C=O) groups excluding carboxylic acids is 1. The van der Waals surface area contributed by atoms with Crippen LogP contribution in [0.1, 0.15) is 17.9 Å². The van der Waals surface area contributed by atoms with Crippen LogP contribution in [0, 0.1) is 11.3 Å². The van der Waals surface area contributed by atoms with E-state index in [0.717, 1.165) is 17.6 Å². The van der Waals surface area contributed by atoms with Gasteiger partial charge in [0, 0.05) is 29.4 Å². The summed E-state index contributed by atoms with van der Waals surface area (Å²) in [5.74, 6) is 0.166. The van der Waals surface area contributed by atoms with Crippen molar-refractivity contribution < 1.29 is 4.79 Å². The second-order valence-corrected chi connectivity index (χ2v) is 6.07. The Morgan fingerprint density at radius 2 is 2.05 bits per heavy atom. The second-order valence-electron chi connectivity index (χ2n) is 5.15. The van der Waals surface area contributed by atoms with Gasteiger partial charge in [-0.1, -0.05) is 28.1 Å². The molecule has 2 atom stereocenters. The molecular weight excluding hydrogens is 306 g/mol. The summed E-state index contributed by atoms with van der Waals surface area (Å²) >= 11 is 3.42. The molecule has 102 valence electrons. The van der Waals surface area contributed by atoms with Gasteiger partial charge in [-0.05, 0) is 24.7 Å². The summed E-state index contributed by atoms with van der Waals surface area (Å²) in [7, 11) is 2.02. The van der Waals surface area contributed by atoms with Gasteiger partial charge in [0.2, 0.25) is 0 Å². The minimum absolute atomic E-state index is 0.0471. The topological polar surface area (TPSA) is 70.2 Å². The number of likely N-dealkylation sites (tertiary alicyclic amines) is 1. The number of benzene rings is 1. The van der Waals surface area contributed by atoms with Crippen LogP contribution >= 0.6 is 15.9 Å². The molecule has 0 unspecified atom stereocenters. The van der Waals surface area contributed by atoms with Crippen molar-refractivity contribution in [3.05, 3.63) is 34.3 Å². The fourth-order valence-corrected chi connectivity index (χ4v) is 2.96. The van der Waals surface area contributed by atoms with E-state index in [0.29, 0.717) is 0 Å². The number of rotatable bonds is 4. The van der Waals surface area contributed by atoms with E-state index in [1.165, 1.54) is 5.56 Å². The number of ketones is 1. The Bertz CT molecular complexity index is 486. The van der Waals surface area contributed by atoms with Crippen LogP contribution in [-0.2, 0) is 4.79 Å². The maximum absolute atomic E-state index is 12.2. The maximum atomic E-state index is 12.2. The minimum atomic E-state index is -0.0601. The Labute approximate surface area is 121 Å². The van der Waals surface area contributed by atoms with E-state index in [4.69, 9.17) is 11.1 Å². The highest BCUT2D eigenvalue weighted by Gasteiger charge is 2.36. The van der Waals surface area contributed by atoms with Gasteiger partial charge in [-0.2, -0.15) is 0 Å². The highest BCUT2D eigenvalue weighted by Crippen LogP contribution is 2.33. The Hall–Kier alpha value is -1.20. The van der Waals surface area contributed by atoms with E-state index >= 15 is 0 Å². The zero-order valence-corrected chi connectivity index (χ0v) is 12.5. The number of Topliss-reactive ketones (excluding diaryl/α,β-unsaturated/α-hetero) is 1. The van der Waals surface area contributed by atoms with Crippen LogP contribution in [0.2, 0.25) is 0 Å². The molecular formula is C14H18BrN3O. The Balaban J connectivity index is 2.19. The van der Waals surface area contributed by atoms with E-state index < -0.39 is 0 Å². The average Bonchev–Trinajstić information content (AvgIpc) is 2.71. The van der Waals surface area contributed by atoms with Gasteiger partial charge < -0.3 is 10.6 Å². The number of hydrogen-bond acceptors (Lipinski definition) is 3. The molecule has 5 heteroatoms. The van der Waals surface area contributed by atoms with Crippen LogP contribution in [0.4, 0.5) is 0 Å². The van der Waals surface area contributed by atoms with Crippen LogP contribution in [0.15, 0.2) is 28.7 Å².